The van der Waals surface area contributed by atoms with Gasteiger partial charge < -0.3 is 10.6 Å². The molecule has 1 saturated carbocycles. The van der Waals surface area contributed by atoms with E-state index in [0.717, 1.165) is 12.1 Å². The fraction of sp³-hybridized carbons (Fsp3) is 0.500. The number of hydrogen-bond acceptors (Lipinski definition) is 2. The Morgan fingerprint density at radius 1 is 0.526 bits per heavy atom. The molecule has 2 unspecified atom stereocenters. The van der Waals surface area contributed by atoms with Crippen LogP contribution in [0.3, 0.4) is 0 Å². The molecule has 2 aromatic rings. The van der Waals surface area contributed by atoms with Crippen LogP contribution in [0.25, 0.3) is 0 Å². The van der Waals surface area contributed by atoms with Crippen molar-refractivity contribution in [2.24, 2.45) is 0 Å². The number of halogens is 12. The normalized spacial score (nSPS) is 19.6. The Bertz CT molecular complexity index is 1010. The third kappa shape index (κ3) is 7.55. The zero-order chi connectivity index (χ0) is 28.5. The fourth-order valence-corrected chi connectivity index (χ4v) is 4.44. The minimum atomic E-state index is -5.06. The van der Waals surface area contributed by atoms with Crippen molar-refractivity contribution in [2.45, 2.75) is 75.6 Å². The van der Waals surface area contributed by atoms with Crippen molar-refractivity contribution in [2.75, 3.05) is 0 Å². The summed E-state index contributed by atoms with van der Waals surface area (Å²) in [5.41, 5.74) is -6.70. The lowest BCUT2D eigenvalue weighted by Gasteiger charge is -2.34. The predicted octanol–water partition coefficient (Wildman–Crippen LogP) is 7.95. The molecule has 212 valence electrons. The molecule has 2 nitrogen and oxygen atoms in total. The van der Waals surface area contributed by atoms with E-state index in [2.05, 4.69) is 10.6 Å². The maximum Gasteiger partial charge on any atom is 0.416 e. The minimum absolute atomic E-state index is 0.0247. The van der Waals surface area contributed by atoms with E-state index >= 15 is 0 Å². The van der Waals surface area contributed by atoms with Crippen molar-refractivity contribution < 1.29 is 52.7 Å². The Balaban J connectivity index is 1.76. The van der Waals surface area contributed by atoms with Crippen molar-refractivity contribution >= 4 is 0 Å². The van der Waals surface area contributed by atoms with Crippen LogP contribution in [-0.2, 0) is 37.8 Å². The molecule has 2 atom stereocenters. The van der Waals surface area contributed by atoms with Crippen molar-refractivity contribution in [1.29, 1.82) is 0 Å². The number of benzene rings is 2. The molecule has 0 bridgehead atoms. The second-order valence-electron chi connectivity index (χ2n) is 8.99. The van der Waals surface area contributed by atoms with E-state index in [1.165, 1.54) is 0 Å². The van der Waals surface area contributed by atoms with Crippen LogP contribution in [0.2, 0.25) is 0 Å². The molecule has 0 saturated heterocycles. The maximum atomic E-state index is 13.4. The summed E-state index contributed by atoms with van der Waals surface area (Å²) in [6, 6.07) is 1.47. The Labute approximate surface area is 209 Å². The van der Waals surface area contributed by atoms with Crippen molar-refractivity contribution in [3.63, 3.8) is 0 Å². The van der Waals surface area contributed by atoms with Crippen LogP contribution in [0.1, 0.15) is 59.1 Å². The van der Waals surface area contributed by atoms with Gasteiger partial charge in [0.15, 0.2) is 0 Å². The van der Waals surface area contributed by atoms with Gasteiger partial charge in [-0.2, -0.15) is 52.7 Å². The molecule has 0 radical (unpaired) electrons. The zero-order valence-electron chi connectivity index (χ0n) is 19.4. The highest BCUT2D eigenvalue weighted by molar-refractivity contribution is 5.36. The Hall–Kier alpha value is -2.48. The van der Waals surface area contributed by atoms with E-state index in [9.17, 15) is 52.7 Å². The molecule has 2 aromatic carbocycles. The quantitative estimate of drug-likeness (QED) is 0.347. The topological polar surface area (TPSA) is 24.1 Å². The SMILES string of the molecule is FC(F)(F)c1ccc(CNC2CCCCC2NCc2ccc(C(F)(F)F)cc2C(F)(F)F)c(C(F)(F)F)c1. The van der Waals surface area contributed by atoms with Gasteiger partial charge in [-0.15, -0.1) is 0 Å². The van der Waals surface area contributed by atoms with Crippen LogP contribution in [0.4, 0.5) is 52.7 Å². The highest BCUT2D eigenvalue weighted by Gasteiger charge is 2.39. The third-order valence-corrected chi connectivity index (χ3v) is 6.36. The molecule has 0 amide bonds. The third-order valence-electron chi connectivity index (χ3n) is 6.36. The predicted molar refractivity (Wildman–Crippen MR) is 113 cm³/mol. The molecule has 0 aliphatic heterocycles. The summed E-state index contributed by atoms with van der Waals surface area (Å²) in [6.45, 7) is -0.909. The average Bonchev–Trinajstić information content (AvgIpc) is 2.79. The van der Waals surface area contributed by atoms with E-state index in [1.54, 1.807) is 0 Å². The van der Waals surface area contributed by atoms with Gasteiger partial charge in [0, 0.05) is 25.2 Å². The lowest BCUT2D eigenvalue weighted by Crippen LogP contribution is -2.49. The van der Waals surface area contributed by atoms with Crippen LogP contribution in [0.15, 0.2) is 36.4 Å². The Kier molecular flexibility index (Phi) is 8.66. The molecule has 1 aliphatic rings. The standard InChI is InChI=1S/C24H22F12N2/c25-21(26,27)15-7-5-13(17(9-15)23(31,32)33)11-37-19-3-1-2-4-20(19)38-12-14-6-8-16(22(28,29)30)10-18(14)24(34,35)36/h5-10,19-20,37-38H,1-4,11-12H2. The minimum Gasteiger partial charge on any atom is -0.308 e. The van der Waals surface area contributed by atoms with Gasteiger partial charge in [-0.05, 0) is 48.2 Å². The average molecular weight is 566 g/mol. The van der Waals surface area contributed by atoms with Crippen LogP contribution < -0.4 is 10.6 Å². The Morgan fingerprint density at radius 3 is 1.16 bits per heavy atom. The molecule has 38 heavy (non-hydrogen) atoms. The van der Waals surface area contributed by atoms with Gasteiger partial charge in [0.2, 0.25) is 0 Å². The highest BCUT2D eigenvalue weighted by atomic mass is 19.4. The summed E-state index contributed by atoms with van der Waals surface area (Å²) >= 11 is 0. The molecule has 14 heteroatoms. The van der Waals surface area contributed by atoms with Crippen LogP contribution >= 0.6 is 0 Å². The molecule has 1 fully saturated rings. The van der Waals surface area contributed by atoms with Crippen molar-refractivity contribution in [3.8, 4) is 0 Å². The number of rotatable bonds is 6. The summed E-state index contributed by atoms with van der Waals surface area (Å²) in [4.78, 5) is 0. The van der Waals surface area contributed by atoms with E-state index in [0.29, 0.717) is 37.8 Å². The van der Waals surface area contributed by atoms with Gasteiger partial charge in [0.05, 0.1) is 22.3 Å². The molecular formula is C24H22F12N2. The monoisotopic (exact) mass is 566 g/mol. The summed E-state index contributed by atoms with van der Waals surface area (Å²) in [6.07, 6.45) is -17.9. The molecule has 1 aliphatic carbocycles. The smallest absolute Gasteiger partial charge is 0.308 e. The second kappa shape index (κ2) is 10.9. The fourth-order valence-electron chi connectivity index (χ4n) is 4.44. The summed E-state index contributed by atoms with van der Waals surface area (Å²) in [5, 5.41) is 5.71. The van der Waals surface area contributed by atoms with Gasteiger partial charge in [0.1, 0.15) is 0 Å². The number of hydrogen-bond donors (Lipinski definition) is 2. The molecule has 2 N–H and O–H groups in total. The van der Waals surface area contributed by atoms with Gasteiger partial charge in [0.25, 0.3) is 0 Å². The highest BCUT2D eigenvalue weighted by Crippen LogP contribution is 2.39. The summed E-state index contributed by atoms with van der Waals surface area (Å²) < 4.78 is 158. The molecule has 0 spiro atoms. The Morgan fingerprint density at radius 2 is 0.868 bits per heavy atom. The lowest BCUT2D eigenvalue weighted by molar-refractivity contribution is -0.145. The van der Waals surface area contributed by atoms with E-state index in [-0.39, 0.29) is 12.1 Å². The van der Waals surface area contributed by atoms with Gasteiger partial charge in [-0.1, -0.05) is 25.0 Å². The molecule has 0 aromatic heterocycles. The van der Waals surface area contributed by atoms with Gasteiger partial charge >= 0.3 is 24.7 Å². The molecule has 3 rings (SSSR count). The van der Waals surface area contributed by atoms with Crippen molar-refractivity contribution in [3.05, 3.63) is 69.8 Å². The summed E-state index contributed by atoms with van der Waals surface area (Å²) in [7, 11) is 0. The molecule has 0 heterocycles. The van der Waals surface area contributed by atoms with E-state index in [4.69, 9.17) is 0 Å². The van der Waals surface area contributed by atoms with E-state index < -0.39 is 83.3 Å². The number of alkyl halides is 12. The maximum absolute atomic E-state index is 13.4. The van der Waals surface area contributed by atoms with E-state index in [1.807, 2.05) is 0 Å². The summed E-state index contributed by atoms with van der Waals surface area (Å²) in [5.74, 6) is 0. The van der Waals surface area contributed by atoms with Gasteiger partial charge in [-0.3, -0.25) is 0 Å². The lowest BCUT2D eigenvalue weighted by atomic mass is 9.89. The first kappa shape index (κ1) is 30.1. The zero-order valence-corrected chi connectivity index (χ0v) is 19.4. The van der Waals surface area contributed by atoms with Crippen LogP contribution in [0.5, 0.6) is 0 Å². The first-order valence-corrected chi connectivity index (χ1v) is 11.4. The second-order valence-corrected chi connectivity index (χ2v) is 8.99. The first-order chi connectivity index (χ1) is 17.4. The number of nitrogens with one attached hydrogen (secondary N) is 2. The van der Waals surface area contributed by atoms with Gasteiger partial charge in [-0.25, -0.2) is 0 Å². The molecular weight excluding hydrogens is 544 g/mol. The van der Waals surface area contributed by atoms with Crippen LogP contribution in [-0.4, -0.2) is 12.1 Å². The first-order valence-electron chi connectivity index (χ1n) is 11.4. The van der Waals surface area contributed by atoms with Crippen LogP contribution in [0, 0.1) is 0 Å². The van der Waals surface area contributed by atoms with Crippen molar-refractivity contribution in [1.82, 2.24) is 10.6 Å². The largest absolute Gasteiger partial charge is 0.416 e.